The molecule has 1 N–H and O–H groups in total. The zero-order chi connectivity index (χ0) is 23.3. The van der Waals surface area contributed by atoms with Gasteiger partial charge >= 0.3 is 6.18 Å². The number of nitrogens with zero attached hydrogens (tertiary/aromatic N) is 6. The normalized spacial score (nSPS) is 24.3. The molecule has 0 unspecified atom stereocenters. The van der Waals surface area contributed by atoms with Gasteiger partial charge in [-0.3, -0.25) is 4.79 Å². The summed E-state index contributed by atoms with van der Waals surface area (Å²) in [6.07, 6.45) is 0.474. The first-order chi connectivity index (χ1) is 15.7. The third kappa shape index (κ3) is 4.02. The number of ether oxygens (including phenoxy) is 1. The lowest BCUT2D eigenvalue weighted by atomic mass is 9.81. The lowest BCUT2D eigenvalue weighted by Crippen LogP contribution is -2.53. The number of hydrogen-bond acceptors (Lipinski definition) is 8. The number of alkyl halides is 3. The average Bonchev–Trinajstić information content (AvgIpc) is 2.76. The van der Waals surface area contributed by atoms with Gasteiger partial charge in [-0.25, -0.2) is 15.0 Å². The Balaban J connectivity index is 1.18. The predicted molar refractivity (Wildman–Crippen MR) is 113 cm³/mol. The number of nitrogens with one attached hydrogen (secondary N) is 1. The zero-order valence-electron chi connectivity index (χ0n) is 18.3. The van der Waals surface area contributed by atoms with E-state index in [9.17, 15) is 18.0 Å². The topological polar surface area (TPSA) is 96.4 Å². The fourth-order valence-corrected chi connectivity index (χ4v) is 4.47. The third-order valence-corrected chi connectivity index (χ3v) is 6.50. The molecule has 0 radical (unpaired) electrons. The molecule has 1 aliphatic carbocycles. The maximum absolute atomic E-state index is 12.6. The molecule has 0 bridgehead atoms. The van der Waals surface area contributed by atoms with Crippen LogP contribution in [0.1, 0.15) is 37.6 Å². The minimum absolute atomic E-state index is 0.0767. The second-order valence-electron chi connectivity index (χ2n) is 8.77. The van der Waals surface area contributed by atoms with Crippen LogP contribution in [-0.4, -0.2) is 58.1 Å². The van der Waals surface area contributed by atoms with Crippen molar-refractivity contribution < 1.29 is 22.7 Å². The second-order valence-corrected chi connectivity index (χ2v) is 8.77. The molecule has 4 heterocycles. The van der Waals surface area contributed by atoms with E-state index >= 15 is 0 Å². The van der Waals surface area contributed by atoms with Crippen LogP contribution in [0.2, 0.25) is 0 Å². The highest BCUT2D eigenvalue weighted by Crippen LogP contribution is 2.40. The summed E-state index contributed by atoms with van der Waals surface area (Å²) in [5.74, 6) is 1.73. The van der Waals surface area contributed by atoms with Crippen molar-refractivity contribution in [2.24, 2.45) is 5.92 Å². The molecule has 1 saturated carbocycles. The van der Waals surface area contributed by atoms with Crippen LogP contribution in [0.3, 0.4) is 0 Å². The van der Waals surface area contributed by atoms with Gasteiger partial charge in [0.1, 0.15) is 11.7 Å². The molecule has 33 heavy (non-hydrogen) atoms. The number of aryl methyl sites for hydroxylation is 1. The molecule has 2 aromatic rings. The Morgan fingerprint density at radius 3 is 2.70 bits per heavy atom. The van der Waals surface area contributed by atoms with E-state index in [0.717, 1.165) is 49.1 Å². The molecule has 0 spiro atoms. The standard InChI is InChI=1S/C21H24F3N7O2/c1-11-19(32)31-5-3-4-14-17(31)18(30(11)2)29-20(28-14)27-13-6-12(7-13)10-33-16-9-25-15(8-26-16)21(22,23)24/h8-9,11-13H,3-7,10H2,1-2H3,(H,27,28,29)/t11-,12-,13-/m0/s1. The van der Waals surface area contributed by atoms with Crippen molar-refractivity contribution in [3.63, 3.8) is 0 Å². The smallest absolute Gasteiger partial charge is 0.434 e. The van der Waals surface area contributed by atoms with E-state index in [-0.39, 0.29) is 29.8 Å². The van der Waals surface area contributed by atoms with Gasteiger partial charge in [-0.05, 0) is 38.5 Å². The van der Waals surface area contributed by atoms with Crippen LogP contribution < -0.4 is 19.9 Å². The van der Waals surface area contributed by atoms with E-state index in [1.807, 2.05) is 23.8 Å². The maximum Gasteiger partial charge on any atom is 0.434 e. The Morgan fingerprint density at radius 2 is 2.00 bits per heavy atom. The van der Waals surface area contributed by atoms with E-state index in [1.54, 1.807) is 0 Å². The van der Waals surface area contributed by atoms with Gasteiger partial charge in [0.25, 0.3) is 0 Å². The van der Waals surface area contributed by atoms with Crippen molar-refractivity contribution in [1.29, 1.82) is 0 Å². The van der Waals surface area contributed by atoms with Crippen molar-refractivity contribution >= 4 is 23.4 Å². The molecule has 2 aromatic heterocycles. The second kappa shape index (κ2) is 7.99. The van der Waals surface area contributed by atoms with Crippen LogP contribution >= 0.6 is 0 Å². The molecule has 176 valence electrons. The number of rotatable bonds is 5. The number of anilines is 3. The molecule has 12 heteroatoms. The fraction of sp³-hybridized carbons (Fsp3) is 0.571. The number of carbonyl (C=O) groups is 1. The van der Waals surface area contributed by atoms with Gasteiger partial charge in [0.05, 0.1) is 24.7 Å². The predicted octanol–water partition coefficient (Wildman–Crippen LogP) is 2.67. The monoisotopic (exact) mass is 463 g/mol. The van der Waals surface area contributed by atoms with E-state index in [4.69, 9.17) is 9.72 Å². The average molecular weight is 463 g/mol. The van der Waals surface area contributed by atoms with Crippen molar-refractivity contribution in [3.05, 3.63) is 23.8 Å². The highest BCUT2D eigenvalue weighted by Gasteiger charge is 2.39. The summed E-state index contributed by atoms with van der Waals surface area (Å²) in [7, 11) is 1.88. The van der Waals surface area contributed by atoms with Crippen LogP contribution in [0, 0.1) is 5.92 Å². The molecule has 3 aliphatic rings. The van der Waals surface area contributed by atoms with E-state index in [0.29, 0.717) is 25.3 Å². The lowest BCUT2D eigenvalue weighted by molar-refractivity contribution is -0.141. The van der Waals surface area contributed by atoms with Crippen molar-refractivity contribution in [1.82, 2.24) is 19.9 Å². The number of halogens is 3. The molecule has 0 aromatic carbocycles. The van der Waals surface area contributed by atoms with Crippen LogP contribution in [0.25, 0.3) is 0 Å². The van der Waals surface area contributed by atoms with Crippen LogP contribution in [0.5, 0.6) is 5.88 Å². The first kappa shape index (κ1) is 21.7. The summed E-state index contributed by atoms with van der Waals surface area (Å²) in [6, 6.07) is -0.0973. The van der Waals surface area contributed by atoms with Crippen molar-refractivity contribution in [3.8, 4) is 5.88 Å². The number of amides is 1. The molecular weight excluding hydrogens is 439 g/mol. The Kier molecular flexibility index (Phi) is 5.25. The van der Waals surface area contributed by atoms with E-state index in [1.165, 1.54) is 0 Å². The molecule has 1 amide bonds. The summed E-state index contributed by atoms with van der Waals surface area (Å²) in [5, 5.41) is 3.38. The zero-order valence-corrected chi connectivity index (χ0v) is 18.3. The summed E-state index contributed by atoms with van der Waals surface area (Å²) >= 11 is 0. The molecule has 1 atom stereocenters. The first-order valence-electron chi connectivity index (χ1n) is 10.9. The Bertz CT molecular complexity index is 1060. The highest BCUT2D eigenvalue weighted by molar-refractivity contribution is 6.05. The minimum atomic E-state index is -4.52. The van der Waals surface area contributed by atoms with Crippen LogP contribution in [-0.2, 0) is 17.4 Å². The first-order valence-corrected chi connectivity index (χ1v) is 10.9. The van der Waals surface area contributed by atoms with Crippen molar-refractivity contribution in [2.75, 3.05) is 35.3 Å². The molecule has 9 nitrogen and oxygen atoms in total. The number of hydrogen-bond donors (Lipinski definition) is 1. The number of likely N-dealkylation sites (N-methyl/N-ethyl adjacent to an activating group) is 1. The summed E-state index contributed by atoms with van der Waals surface area (Å²) in [4.78, 5) is 32.8. The molecular formula is C21H24F3N7O2. The van der Waals surface area contributed by atoms with E-state index in [2.05, 4.69) is 20.3 Å². The molecule has 2 aliphatic heterocycles. The molecule has 1 fully saturated rings. The Morgan fingerprint density at radius 1 is 1.21 bits per heavy atom. The SMILES string of the molecule is C[C@H]1C(=O)N2CCCc3nc(N[C@H]4C[C@H](COc5cnc(C(F)(F)F)cn5)C4)nc(c32)N1C. The lowest BCUT2D eigenvalue weighted by Gasteiger charge is -2.42. The summed E-state index contributed by atoms with van der Waals surface area (Å²) in [5.41, 5.74) is 0.676. The van der Waals surface area contributed by atoms with Gasteiger partial charge in [0, 0.05) is 19.6 Å². The summed E-state index contributed by atoms with van der Waals surface area (Å²) < 4.78 is 43.2. The third-order valence-electron chi connectivity index (χ3n) is 6.50. The van der Waals surface area contributed by atoms with Gasteiger partial charge in [0.15, 0.2) is 11.5 Å². The van der Waals surface area contributed by atoms with Gasteiger partial charge in [-0.2, -0.15) is 18.2 Å². The quantitative estimate of drug-likeness (QED) is 0.723. The van der Waals surface area contributed by atoms with Gasteiger partial charge in [-0.15, -0.1) is 0 Å². The largest absolute Gasteiger partial charge is 0.476 e. The van der Waals surface area contributed by atoms with Gasteiger partial charge in [0.2, 0.25) is 17.7 Å². The van der Waals surface area contributed by atoms with Crippen molar-refractivity contribution in [2.45, 2.75) is 50.9 Å². The van der Waals surface area contributed by atoms with Gasteiger partial charge in [-0.1, -0.05) is 0 Å². The molecule has 5 rings (SSSR count). The Hall–Kier alpha value is -3.18. The highest BCUT2D eigenvalue weighted by atomic mass is 19.4. The van der Waals surface area contributed by atoms with Gasteiger partial charge < -0.3 is 19.9 Å². The number of carbonyl (C=O) groups excluding carboxylic acids is 1. The van der Waals surface area contributed by atoms with Crippen LogP contribution in [0.15, 0.2) is 12.4 Å². The maximum atomic E-state index is 12.6. The van der Waals surface area contributed by atoms with Crippen LogP contribution in [0.4, 0.5) is 30.6 Å². The minimum Gasteiger partial charge on any atom is -0.476 e. The Labute approximate surface area is 188 Å². The fourth-order valence-electron chi connectivity index (χ4n) is 4.47. The number of aromatic nitrogens is 4. The van der Waals surface area contributed by atoms with E-state index < -0.39 is 11.9 Å². The summed E-state index contributed by atoms with van der Waals surface area (Å²) in [6.45, 7) is 2.93. The molecule has 0 saturated heterocycles.